The van der Waals surface area contributed by atoms with Crippen LogP contribution < -0.4 is 19.7 Å². The molecular weight excluding hydrogens is 530 g/mol. The molecule has 0 saturated carbocycles. The lowest BCUT2D eigenvalue weighted by Crippen LogP contribution is -2.56. The number of benzene rings is 1. The molecule has 2 amide bonds. The highest BCUT2D eigenvalue weighted by Crippen LogP contribution is 2.32. The van der Waals surface area contributed by atoms with Crippen LogP contribution in [0.1, 0.15) is 12.0 Å². The van der Waals surface area contributed by atoms with E-state index >= 15 is 0 Å². The van der Waals surface area contributed by atoms with Gasteiger partial charge >= 0.3 is 6.09 Å². The third kappa shape index (κ3) is 6.49. The van der Waals surface area contributed by atoms with Crippen molar-refractivity contribution >= 4 is 29.4 Å². The van der Waals surface area contributed by atoms with Crippen LogP contribution in [0.3, 0.4) is 0 Å². The molecule has 1 atom stereocenters. The molecule has 2 aliphatic rings. The van der Waals surface area contributed by atoms with Crippen molar-refractivity contribution in [1.29, 1.82) is 0 Å². The number of amides is 2. The van der Waals surface area contributed by atoms with Gasteiger partial charge in [-0.3, -0.25) is 9.36 Å². The van der Waals surface area contributed by atoms with Gasteiger partial charge in [-0.05, 0) is 17.7 Å². The topological polar surface area (TPSA) is 133 Å². The van der Waals surface area contributed by atoms with Gasteiger partial charge in [0.15, 0.2) is 11.5 Å². The molecule has 206 valence electrons. The van der Waals surface area contributed by atoms with Crippen molar-refractivity contribution in [1.82, 2.24) is 29.7 Å². The number of ether oxygens (including phenoxy) is 4. The van der Waals surface area contributed by atoms with Crippen LogP contribution in [0.2, 0.25) is 5.15 Å². The van der Waals surface area contributed by atoms with Gasteiger partial charge in [-0.15, -0.1) is 0 Å². The van der Waals surface area contributed by atoms with E-state index in [9.17, 15) is 9.59 Å². The van der Waals surface area contributed by atoms with E-state index in [0.29, 0.717) is 49.5 Å². The summed E-state index contributed by atoms with van der Waals surface area (Å²) in [7, 11) is 1.54. The summed E-state index contributed by atoms with van der Waals surface area (Å²) in [6.07, 6.45) is 4.55. The summed E-state index contributed by atoms with van der Waals surface area (Å²) >= 11 is 6.34. The molecule has 3 aromatic rings. The van der Waals surface area contributed by atoms with Gasteiger partial charge in [-0.25, -0.2) is 14.8 Å². The first-order chi connectivity index (χ1) is 19.0. The maximum absolute atomic E-state index is 13.1. The minimum absolute atomic E-state index is 0.106. The molecule has 1 N–H and O–H groups in total. The predicted octanol–water partition coefficient (Wildman–Crippen LogP) is 2.02. The minimum atomic E-state index is -0.461. The molecule has 1 saturated heterocycles. The van der Waals surface area contributed by atoms with Crippen LogP contribution in [0, 0.1) is 0 Å². The van der Waals surface area contributed by atoms with Crippen LogP contribution in [-0.4, -0.2) is 89.2 Å². The number of nitrogens with one attached hydrogen (secondary N) is 1. The first kappa shape index (κ1) is 26.5. The molecule has 4 heterocycles. The molecule has 0 spiro atoms. The Balaban J connectivity index is 1.31. The molecular formula is C25H28ClN7O6. The highest BCUT2D eigenvalue weighted by atomic mass is 35.5. The van der Waals surface area contributed by atoms with Gasteiger partial charge in [-0.1, -0.05) is 17.7 Å². The SMILES string of the molecule is COCCOC(=O)N1CCN(c2cc(Cl)nc(-n3ccnc3)n2)C(CC(=O)NCc2ccc3c(c2)OCO3)C1. The number of nitrogens with zero attached hydrogens (tertiary/aromatic N) is 6. The van der Waals surface area contributed by atoms with Crippen LogP contribution >= 0.6 is 11.6 Å². The number of carbonyl (C=O) groups is 2. The van der Waals surface area contributed by atoms with Crippen molar-refractivity contribution in [2.75, 3.05) is 51.7 Å². The lowest BCUT2D eigenvalue weighted by Gasteiger charge is -2.41. The van der Waals surface area contributed by atoms with Crippen molar-refractivity contribution in [2.45, 2.75) is 19.0 Å². The quantitative estimate of drug-likeness (QED) is 0.308. The number of rotatable bonds is 9. The Bertz CT molecular complexity index is 1310. The van der Waals surface area contributed by atoms with E-state index in [2.05, 4.69) is 20.3 Å². The van der Waals surface area contributed by atoms with Crippen LogP contribution in [-0.2, 0) is 20.8 Å². The van der Waals surface area contributed by atoms with Crippen molar-refractivity contribution < 1.29 is 28.5 Å². The standard InChI is InChI=1S/C25H28ClN7O6/c1-36-8-9-37-25(35)31-6-7-33(22-12-21(26)29-24(30-22)32-5-4-27-15-32)18(14-31)11-23(34)28-13-17-2-3-19-20(10-17)39-16-38-19/h2-5,10,12,15,18H,6-9,11,13-14,16H2,1H3,(H,28,34). The lowest BCUT2D eigenvalue weighted by molar-refractivity contribution is -0.121. The van der Waals surface area contributed by atoms with Crippen molar-refractivity contribution in [3.63, 3.8) is 0 Å². The zero-order chi connectivity index (χ0) is 27.2. The number of imidazole rings is 1. The summed E-state index contributed by atoms with van der Waals surface area (Å²) in [5.74, 6) is 2.03. The first-order valence-electron chi connectivity index (χ1n) is 12.4. The summed E-state index contributed by atoms with van der Waals surface area (Å²) in [6.45, 7) is 1.99. The summed E-state index contributed by atoms with van der Waals surface area (Å²) < 4.78 is 22.7. The molecule has 0 bridgehead atoms. The second-order valence-electron chi connectivity index (χ2n) is 8.89. The third-order valence-corrected chi connectivity index (χ3v) is 6.49. The highest BCUT2D eigenvalue weighted by Gasteiger charge is 2.33. The van der Waals surface area contributed by atoms with Gasteiger partial charge in [0.25, 0.3) is 0 Å². The van der Waals surface area contributed by atoms with E-state index in [0.717, 1.165) is 5.56 Å². The Hall–Kier alpha value is -4.10. The predicted molar refractivity (Wildman–Crippen MR) is 139 cm³/mol. The van der Waals surface area contributed by atoms with Gasteiger partial charge < -0.3 is 34.1 Å². The normalized spacial score (nSPS) is 16.3. The number of fused-ring (bicyclic) bond motifs is 1. The van der Waals surface area contributed by atoms with Gasteiger partial charge in [-0.2, -0.15) is 4.98 Å². The Morgan fingerprint density at radius 3 is 2.85 bits per heavy atom. The molecule has 2 aliphatic heterocycles. The molecule has 0 aliphatic carbocycles. The fraction of sp³-hybridized carbons (Fsp3) is 0.400. The second-order valence-corrected chi connectivity index (χ2v) is 9.27. The number of hydrogen-bond acceptors (Lipinski definition) is 10. The molecule has 13 nitrogen and oxygen atoms in total. The smallest absolute Gasteiger partial charge is 0.409 e. The van der Waals surface area contributed by atoms with Crippen LogP contribution in [0.15, 0.2) is 43.0 Å². The average Bonchev–Trinajstić information content (AvgIpc) is 3.64. The fourth-order valence-electron chi connectivity index (χ4n) is 4.37. The van der Waals surface area contributed by atoms with Crippen molar-refractivity contribution in [3.8, 4) is 17.4 Å². The van der Waals surface area contributed by atoms with Crippen molar-refractivity contribution in [3.05, 3.63) is 53.7 Å². The molecule has 39 heavy (non-hydrogen) atoms. The zero-order valence-corrected chi connectivity index (χ0v) is 22.0. The maximum Gasteiger partial charge on any atom is 0.409 e. The van der Waals surface area contributed by atoms with Gasteiger partial charge in [0, 0.05) is 58.2 Å². The first-order valence-corrected chi connectivity index (χ1v) is 12.7. The number of aromatic nitrogens is 4. The van der Waals surface area contributed by atoms with Gasteiger partial charge in [0.05, 0.1) is 12.6 Å². The van der Waals surface area contributed by atoms with E-state index in [1.807, 2.05) is 23.1 Å². The van der Waals surface area contributed by atoms with E-state index in [4.69, 9.17) is 30.5 Å². The third-order valence-electron chi connectivity index (χ3n) is 6.30. The van der Waals surface area contributed by atoms with Gasteiger partial charge in [0.2, 0.25) is 18.6 Å². The molecule has 2 aromatic heterocycles. The van der Waals surface area contributed by atoms with Crippen LogP contribution in [0.25, 0.3) is 5.95 Å². The van der Waals surface area contributed by atoms with E-state index in [1.165, 1.54) is 7.11 Å². The van der Waals surface area contributed by atoms with Crippen molar-refractivity contribution in [2.24, 2.45) is 0 Å². The number of methoxy groups -OCH3 is 1. The Labute approximate surface area is 229 Å². The van der Waals surface area contributed by atoms with Gasteiger partial charge in [0.1, 0.15) is 23.9 Å². The molecule has 1 aromatic carbocycles. The van der Waals surface area contributed by atoms with Crippen LogP contribution in [0.5, 0.6) is 11.5 Å². The number of hydrogen-bond donors (Lipinski definition) is 1. The number of carbonyl (C=O) groups excluding carboxylic acids is 2. The summed E-state index contributed by atoms with van der Waals surface area (Å²) in [5, 5.41) is 3.20. The molecule has 1 fully saturated rings. The van der Waals surface area contributed by atoms with E-state index in [1.54, 1.807) is 34.3 Å². The summed E-state index contributed by atoms with van der Waals surface area (Å²) in [5.41, 5.74) is 0.879. The lowest BCUT2D eigenvalue weighted by atomic mass is 10.1. The number of anilines is 1. The number of halogens is 1. The fourth-order valence-corrected chi connectivity index (χ4v) is 4.55. The highest BCUT2D eigenvalue weighted by molar-refractivity contribution is 6.29. The molecule has 14 heteroatoms. The summed E-state index contributed by atoms with van der Waals surface area (Å²) in [6, 6.07) is 6.78. The maximum atomic E-state index is 13.1. The molecule has 1 unspecified atom stereocenters. The largest absolute Gasteiger partial charge is 0.454 e. The molecule has 5 rings (SSSR count). The Kier molecular flexibility index (Phi) is 8.27. The number of piperazine rings is 1. The summed E-state index contributed by atoms with van der Waals surface area (Å²) in [4.78, 5) is 42.3. The minimum Gasteiger partial charge on any atom is -0.454 e. The van der Waals surface area contributed by atoms with Crippen LogP contribution in [0.4, 0.5) is 10.6 Å². The zero-order valence-electron chi connectivity index (χ0n) is 21.3. The molecule has 0 radical (unpaired) electrons. The van der Waals surface area contributed by atoms with E-state index < -0.39 is 12.1 Å². The average molecular weight is 558 g/mol. The Morgan fingerprint density at radius 1 is 1.15 bits per heavy atom. The monoisotopic (exact) mass is 557 g/mol. The van der Waals surface area contributed by atoms with E-state index in [-0.39, 0.29) is 37.4 Å². The second kappa shape index (κ2) is 12.2. The Morgan fingerprint density at radius 2 is 2.03 bits per heavy atom.